The van der Waals surface area contributed by atoms with E-state index in [2.05, 4.69) is 273 Å². The van der Waals surface area contributed by atoms with E-state index in [-0.39, 0.29) is 5.41 Å². The Morgan fingerprint density at radius 1 is 0.355 bits per heavy atom. The maximum atomic E-state index is 5.53. The zero-order valence-corrected chi connectivity index (χ0v) is 42.5. The SMILES string of the molecule is CC1(C)C2=C(C=CCC2)c2cc3c4ccccc4n(-c4nc(-c5cccc(-c6cc(-c7ccccc7)cc(-c7ccccc7)c6)c5)nc(-c5cccc(-c6cc(-c7ccccc7)cc(-c7ccccc7)c6)c5)n4)c3cc21. The third-order valence-electron chi connectivity index (χ3n) is 15.7. The molecule has 0 atom stereocenters. The molecule has 0 aliphatic heterocycles. The van der Waals surface area contributed by atoms with Gasteiger partial charge in [-0.25, -0.2) is 4.98 Å². The van der Waals surface area contributed by atoms with Gasteiger partial charge in [-0.15, -0.1) is 0 Å². The number of allylic oxidation sites excluding steroid dienone is 4. The van der Waals surface area contributed by atoms with Gasteiger partial charge >= 0.3 is 0 Å². The standard InChI is InChI=1S/C72H52N4/c1-72(2)65-35-17-15-33-61(65)63-45-64-62-34-16-18-36-67(62)76(68(64)46-66(63)72)71-74-69(53-31-19-29-51(37-53)59-41-55(47-21-7-3-8-22-47)39-56(42-59)48-23-9-4-10-24-48)73-70(75-71)54-32-20-30-52(38-54)60-43-57(49-25-11-5-12-26-49)40-58(44-60)50-27-13-6-14-28-50/h3-16,18-34,36-46H,17,35H2,1-2H3. The van der Waals surface area contributed by atoms with Crippen LogP contribution >= 0.6 is 0 Å². The van der Waals surface area contributed by atoms with E-state index in [0.29, 0.717) is 17.6 Å². The lowest BCUT2D eigenvalue weighted by Gasteiger charge is -2.25. The second kappa shape index (κ2) is 18.5. The van der Waals surface area contributed by atoms with Crippen molar-refractivity contribution in [2.75, 3.05) is 0 Å². The van der Waals surface area contributed by atoms with Crippen LogP contribution in [0.15, 0.2) is 260 Å². The van der Waals surface area contributed by atoms with Gasteiger partial charge in [-0.05, 0) is 163 Å². The van der Waals surface area contributed by atoms with Crippen molar-refractivity contribution in [3.63, 3.8) is 0 Å². The molecule has 2 aromatic heterocycles. The molecule has 0 saturated carbocycles. The lowest BCUT2D eigenvalue weighted by atomic mass is 9.78. The quantitative estimate of drug-likeness (QED) is 0.145. The van der Waals surface area contributed by atoms with Crippen molar-refractivity contribution in [1.82, 2.24) is 19.5 Å². The number of fused-ring (bicyclic) bond motifs is 5. The fourth-order valence-electron chi connectivity index (χ4n) is 11.9. The molecule has 0 unspecified atom stereocenters. The molecule has 2 aliphatic carbocycles. The molecule has 76 heavy (non-hydrogen) atoms. The molecule has 0 bridgehead atoms. The summed E-state index contributed by atoms with van der Waals surface area (Å²) in [6.07, 6.45) is 6.83. The monoisotopic (exact) mass is 972 g/mol. The molecule has 0 fully saturated rings. The van der Waals surface area contributed by atoms with Gasteiger partial charge in [0, 0.05) is 27.3 Å². The minimum Gasteiger partial charge on any atom is -0.278 e. The molecule has 14 rings (SSSR count). The van der Waals surface area contributed by atoms with Crippen LogP contribution in [0.5, 0.6) is 0 Å². The molecule has 0 spiro atoms. The van der Waals surface area contributed by atoms with Gasteiger partial charge in [0.2, 0.25) is 5.95 Å². The first-order valence-electron chi connectivity index (χ1n) is 26.4. The highest BCUT2D eigenvalue weighted by Crippen LogP contribution is 2.52. The Bertz CT molecular complexity index is 3980. The summed E-state index contributed by atoms with van der Waals surface area (Å²) >= 11 is 0. The van der Waals surface area contributed by atoms with Gasteiger partial charge in [-0.1, -0.05) is 207 Å². The average Bonchev–Trinajstić information content (AvgIpc) is 4.00. The molecule has 2 aliphatic rings. The van der Waals surface area contributed by atoms with Gasteiger partial charge in [-0.2, -0.15) is 9.97 Å². The summed E-state index contributed by atoms with van der Waals surface area (Å²) in [6, 6.07) is 87.3. The molecular weight excluding hydrogens is 921 g/mol. The van der Waals surface area contributed by atoms with Crippen LogP contribution in [0.2, 0.25) is 0 Å². The molecule has 4 nitrogen and oxygen atoms in total. The summed E-state index contributed by atoms with van der Waals surface area (Å²) in [5.41, 5.74) is 23.1. The van der Waals surface area contributed by atoms with Crippen LogP contribution < -0.4 is 0 Å². The predicted octanol–water partition coefficient (Wildman–Crippen LogP) is 18.7. The third-order valence-corrected chi connectivity index (χ3v) is 15.7. The second-order valence-corrected chi connectivity index (χ2v) is 20.7. The van der Waals surface area contributed by atoms with E-state index in [9.17, 15) is 0 Å². The van der Waals surface area contributed by atoms with Crippen LogP contribution in [0, 0.1) is 0 Å². The molecule has 2 heterocycles. The summed E-state index contributed by atoms with van der Waals surface area (Å²) in [7, 11) is 0. The summed E-state index contributed by atoms with van der Waals surface area (Å²) in [4.78, 5) is 16.5. The van der Waals surface area contributed by atoms with Crippen molar-refractivity contribution in [3.8, 4) is 95.5 Å². The molecule has 0 amide bonds. The highest BCUT2D eigenvalue weighted by molar-refractivity contribution is 6.11. The lowest BCUT2D eigenvalue weighted by molar-refractivity contribution is 0.608. The van der Waals surface area contributed by atoms with E-state index < -0.39 is 0 Å². The third kappa shape index (κ3) is 7.98. The van der Waals surface area contributed by atoms with Crippen LogP contribution in [-0.4, -0.2) is 19.5 Å². The molecular formula is C72H52N4. The van der Waals surface area contributed by atoms with Gasteiger partial charge in [-0.3, -0.25) is 4.57 Å². The average molecular weight is 973 g/mol. The van der Waals surface area contributed by atoms with Crippen LogP contribution in [0.1, 0.15) is 37.8 Å². The number of nitrogens with zero attached hydrogens (tertiary/aromatic N) is 4. The maximum absolute atomic E-state index is 5.53. The largest absolute Gasteiger partial charge is 0.278 e. The highest BCUT2D eigenvalue weighted by Gasteiger charge is 2.38. The number of benzene rings is 10. The molecule has 10 aromatic carbocycles. The van der Waals surface area contributed by atoms with Crippen LogP contribution in [0.3, 0.4) is 0 Å². The van der Waals surface area contributed by atoms with E-state index in [1.165, 1.54) is 55.3 Å². The van der Waals surface area contributed by atoms with E-state index in [1.807, 2.05) is 0 Å². The fraction of sp³-hybridized carbons (Fsp3) is 0.0694. The summed E-state index contributed by atoms with van der Waals surface area (Å²) < 4.78 is 2.28. The van der Waals surface area contributed by atoms with Gasteiger partial charge in [0.25, 0.3) is 0 Å². The zero-order chi connectivity index (χ0) is 50.7. The Labute approximate surface area is 443 Å². The first-order valence-corrected chi connectivity index (χ1v) is 26.4. The van der Waals surface area contributed by atoms with Gasteiger partial charge in [0.1, 0.15) is 0 Å². The minimum atomic E-state index is -0.114. The van der Waals surface area contributed by atoms with E-state index in [1.54, 1.807) is 0 Å². The highest BCUT2D eigenvalue weighted by atomic mass is 15.2. The van der Waals surface area contributed by atoms with E-state index in [0.717, 1.165) is 79.5 Å². The summed E-state index contributed by atoms with van der Waals surface area (Å²) in [6.45, 7) is 4.78. The number of hydrogen-bond donors (Lipinski definition) is 0. The molecule has 0 saturated heterocycles. The number of para-hydroxylation sites is 1. The topological polar surface area (TPSA) is 43.6 Å². The number of aromatic nitrogens is 4. The van der Waals surface area contributed by atoms with Crippen molar-refractivity contribution in [3.05, 3.63) is 272 Å². The van der Waals surface area contributed by atoms with E-state index in [4.69, 9.17) is 15.0 Å². The van der Waals surface area contributed by atoms with Crippen molar-refractivity contribution < 1.29 is 0 Å². The normalized spacial score (nSPS) is 13.6. The second-order valence-electron chi connectivity index (χ2n) is 20.7. The fourth-order valence-corrected chi connectivity index (χ4v) is 11.9. The van der Waals surface area contributed by atoms with E-state index >= 15 is 0 Å². The van der Waals surface area contributed by atoms with Crippen LogP contribution in [-0.2, 0) is 5.41 Å². The van der Waals surface area contributed by atoms with Crippen molar-refractivity contribution >= 4 is 27.4 Å². The minimum absolute atomic E-state index is 0.114. The Hall–Kier alpha value is -9.51. The molecule has 0 N–H and O–H groups in total. The lowest BCUT2D eigenvalue weighted by Crippen LogP contribution is -2.18. The summed E-state index contributed by atoms with van der Waals surface area (Å²) in [5, 5.41) is 2.35. The molecule has 360 valence electrons. The number of hydrogen-bond acceptors (Lipinski definition) is 3. The van der Waals surface area contributed by atoms with Gasteiger partial charge < -0.3 is 0 Å². The van der Waals surface area contributed by atoms with Gasteiger partial charge in [0.15, 0.2) is 11.6 Å². The Morgan fingerprint density at radius 3 is 1.25 bits per heavy atom. The first-order chi connectivity index (χ1) is 37.4. The zero-order valence-electron chi connectivity index (χ0n) is 42.5. The van der Waals surface area contributed by atoms with Gasteiger partial charge in [0.05, 0.1) is 11.0 Å². The summed E-state index contributed by atoms with van der Waals surface area (Å²) in [5.74, 6) is 1.77. The predicted molar refractivity (Wildman–Crippen MR) is 316 cm³/mol. The Balaban J connectivity index is 0.971. The molecule has 12 aromatic rings. The van der Waals surface area contributed by atoms with Crippen LogP contribution in [0.25, 0.3) is 123 Å². The van der Waals surface area contributed by atoms with Crippen molar-refractivity contribution in [2.45, 2.75) is 32.1 Å². The van der Waals surface area contributed by atoms with Crippen LogP contribution in [0.4, 0.5) is 0 Å². The molecule has 0 radical (unpaired) electrons. The Kier molecular flexibility index (Phi) is 11.0. The maximum Gasteiger partial charge on any atom is 0.238 e. The first kappa shape index (κ1) is 45.1. The van der Waals surface area contributed by atoms with Crippen molar-refractivity contribution in [2.24, 2.45) is 0 Å². The molecule has 4 heteroatoms. The van der Waals surface area contributed by atoms with Crippen molar-refractivity contribution in [1.29, 1.82) is 0 Å². The number of rotatable bonds is 9. The smallest absolute Gasteiger partial charge is 0.238 e. The Morgan fingerprint density at radius 2 is 0.763 bits per heavy atom.